The zero-order valence-electron chi connectivity index (χ0n) is 7.92. The molecule has 0 saturated carbocycles. The van der Waals surface area contributed by atoms with Gasteiger partial charge in [0.1, 0.15) is 5.75 Å². The first kappa shape index (κ1) is 9.49. The molecule has 0 spiro atoms. The number of ether oxygens (including phenoxy) is 1. The van der Waals surface area contributed by atoms with Crippen molar-refractivity contribution in [2.24, 2.45) is 4.99 Å². The molecule has 1 aromatic rings. The summed E-state index contributed by atoms with van der Waals surface area (Å²) in [4.78, 5) is 13.7. The summed E-state index contributed by atoms with van der Waals surface area (Å²) in [5.74, 6) is 0.808. The normalized spacial score (nSPS) is 9.15. The van der Waals surface area contributed by atoms with Crippen LogP contribution < -0.4 is 4.74 Å². The second-order valence-corrected chi connectivity index (χ2v) is 2.74. The molecule has 0 amide bonds. The lowest BCUT2D eigenvalue weighted by Crippen LogP contribution is -1.89. The van der Waals surface area contributed by atoms with Gasteiger partial charge < -0.3 is 4.74 Å². The minimum atomic E-state index is 0.647. The van der Waals surface area contributed by atoms with E-state index in [1.807, 2.05) is 13.8 Å². The van der Waals surface area contributed by atoms with Gasteiger partial charge in [0.25, 0.3) is 0 Å². The average molecular weight is 177 g/mol. The summed E-state index contributed by atoms with van der Waals surface area (Å²) in [6.45, 7) is 3.83. The lowest BCUT2D eigenvalue weighted by molar-refractivity contribution is 0.411. The van der Waals surface area contributed by atoms with Crippen molar-refractivity contribution >= 4 is 11.8 Å². The van der Waals surface area contributed by atoms with Crippen LogP contribution in [0.5, 0.6) is 5.75 Å². The molecule has 0 atom stereocenters. The molecular weight excluding hydrogens is 166 g/mol. The Bertz CT molecular complexity index is 365. The third kappa shape index (κ3) is 1.76. The lowest BCUT2D eigenvalue weighted by Gasteiger charge is -2.08. The molecule has 0 heterocycles. The number of isocyanates is 1. The zero-order chi connectivity index (χ0) is 9.84. The Hall–Kier alpha value is -1.60. The van der Waals surface area contributed by atoms with Crippen LogP contribution >= 0.6 is 0 Å². The highest BCUT2D eigenvalue weighted by atomic mass is 16.5. The van der Waals surface area contributed by atoms with Gasteiger partial charge in [-0.05, 0) is 37.1 Å². The molecule has 0 fully saturated rings. The molecule has 0 unspecified atom stereocenters. The van der Waals surface area contributed by atoms with Crippen LogP contribution in [0, 0.1) is 13.8 Å². The maximum Gasteiger partial charge on any atom is 0.240 e. The van der Waals surface area contributed by atoms with Gasteiger partial charge in [-0.1, -0.05) is 0 Å². The first-order chi connectivity index (χ1) is 6.20. The van der Waals surface area contributed by atoms with E-state index < -0.39 is 0 Å². The van der Waals surface area contributed by atoms with E-state index in [4.69, 9.17) is 4.74 Å². The summed E-state index contributed by atoms with van der Waals surface area (Å²) >= 11 is 0. The summed E-state index contributed by atoms with van der Waals surface area (Å²) in [5.41, 5.74) is 2.59. The first-order valence-electron chi connectivity index (χ1n) is 3.92. The second-order valence-electron chi connectivity index (χ2n) is 2.74. The van der Waals surface area contributed by atoms with E-state index in [0.29, 0.717) is 5.69 Å². The van der Waals surface area contributed by atoms with E-state index in [2.05, 4.69) is 4.99 Å². The van der Waals surface area contributed by atoms with Crippen LogP contribution in [-0.4, -0.2) is 13.2 Å². The van der Waals surface area contributed by atoms with Crippen LogP contribution in [-0.2, 0) is 4.79 Å². The van der Waals surface area contributed by atoms with Crippen LogP contribution in [0.15, 0.2) is 17.1 Å². The molecule has 0 N–H and O–H groups in total. The van der Waals surface area contributed by atoms with Crippen molar-refractivity contribution < 1.29 is 9.53 Å². The highest BCUT2D eigenvalue weighted by Gasteiger charge is 2.04. The number of benzene rings is 1. The van der Waals surface area contributed by atoms with Gasteiger partial charge >= 0.3 is 0 Å². The maximum absolute atomic E-state index is 10.1. The van der Waals surface area contributed by atoms with Gasteiger partial charge in [-0.15, -0.1) is 0 Å². The van der Waals surface area contributed by atoms with E-state index in [0.717, 1.165) is 16.9 Å². The predicted octanol–water partition coefficient (Wildman–Crippen LogP) is 2.28. The number of carbonyl (C=O) groups excluding carboxylic acids is 1. The Morgan fingerprint density at radius 1 is 1.31 bits per heavy atom. The number of aliphatic imine (C=N–C) groups is 1. The van der Waals surface area contributed by atoms with E-state index >= 15 is 0 Å². The summed E-state index contributed by atoms with van der Waals surface area (Å²) in [7, 11) is 1.62. The average Bonchev–Trinajstić information content (AvgIpc) is 2.14. The van der Waals surface area contributed by atoms with Crippen molar-refractivity contribution in [3.63, 3.8) is 0 Å². The third-order valence-corrected chi connectivity index (χ3v) is 2.09. The van der Waals surface area contributed by atoms with Crippen molar-refractivity contribution in [2.75, 3.05) is 7.11 Å². The molecule has 3 heteroatoms. The van der Waals surface area contributed by atoms with Crippen LogP contribution in [0.2, 0.25) is 0 Å². The molecule has 1 rings (SSSR count). The van der Waals surface area contributed by atoms with Crippen molar-refractivity contribution in [2.45, 2.75) is 13.8 Å². The second kappa shape index (κ2) is 3.87. The van der Waals surface area contributed by atoms with Crippen LogP contribution in [0.25, 0.3) is 0 Å². The Morgan fingerprint density at radius 3 is 2.54 bits per heavy atom. The molecule has 0 aliphatic heterocycles. The standard InChI is InChI=1S/C10H11NO2/c1-7-8(2)10(13-3)5-4-9(7)11-6-12/h4-5H,1-3H3. The van der Waals surface area contributed by atoms with Crippen LogP contribution in [0.3, 0.4) is 0 Å². The van der Waals surface area contributed by atoms with E-state index in [1.54, 1.807) is 19.2 Å². The van der Waals surface area contributed by atoms with Gasteiger partial charge in [0.2, 0.25) is 6.08 Å². The Kier molecular flexibility index (Phi) is 2.83. The zero-order valence-corrected chi connectivity index (χ0v) is 7.92. The topological polar surface area (TPSA) is 38.7 Å². The fourth-order valence-corrected chi connectivity index (χ4v) is 1.17. The molecule has 0 bridgehead atoms. The maximum atomic E-state index is 10.1. The number of rotatable bonds is 2. The van der Waals surface area contributed by atoms with Gasteiger partial charge in [-0.25, -0.2) is 4.79 Å². The molecule has 68 valence electrons. The number of hydrogen-bond donors (Lipinski definition) is 0. The third-order valence-electron chi connectivity index (χ3n) is 2.09. The molecule has 0 radical (unpaired) electrons. The molecular formula is C10H11NO2. The Balaban J connectivity index is 3.30. The van der Waals surface area contributed by atoms with Gasteiger partial charge in [-0.3, -0.25) is 0 Å². The van der Waals surface area contributed by atoms with Crippen LogP contribution in [0.4, 0.5) is 5.69 Å². The fourth-order valence-electron chi connectivity index (χ4n) is 1.17. The smallest absolute Gasteiger partial charge is 0.240 e. The summed E-state index contributed by atoms with van der Waals surface area (Å²) in [5, 5.41) is 0. The van der Waals surface area contributed by atoms with Crippen molar-refractivity contribution in [3.05, 3.63) is 23.3 Å². The molecule has 1 aromatic carbocycles. The van der Waals surface area contributed by atoms with Gasteiger partial charge in [0.05, 0.1) is 12.8 Å². The fraction of sp³-hybridized carbons (Fsp3) is 0.300. The van der Waals surface area contributed by atoms with Gasteiger partial charge in [0.15, 0.2) is 0 Å². The monoisotopic (exact) mass is 177 g/mol. The van der Waals surface area contributed by atoms with Gasteiger partial charge in [-0.2, -0.15) is 4.99 Å². The van der Waals surface area contributed by atoms with E-state index in [1.165, 1.54) is 6.08 Å². The van der Waals surface area contributed by atoms with Crippen molar-refractivity contribution in [1.82, 2.24) is 0 Å². The summed E-state index contributed by atoms with van der Waals surface area (Å²) in [6.07, 6.45) is 1.52. The first-order valence-corrected chi connectivity index (χ1v) is 3.92. The number of nitrogens with zero attached hydrogens (tertiary/aromatic N) is 1. The summed E-state index contributed by atoms with van der Waals surface area (Å²) < 4.78 is 5.12. The summed E-state index contributed by atoms with van der Waals surface area (Å²) in [6, 6.07) is 3.53. The predicted molar refractivity (Wildman–Crippen MR) is 50.2 cm³/mol. The molecule has 0 aromatic heterocycles. The van der Waals surface area contributed by atoms with Crippen LogP contribution in [0.1, 0.15) is 11.1 Å². The SMILES string of the molecule is COc1ccc(N=C=O)c(C)c1C. The quantitative estimate of drug-likeness (QED) is 0.513. The Labute approximate surface area is 77.1 Å². The molecule has 0 saturated heterocycles. The van der Waals surface area contributed by atoms with E-state index in [9.17, 15) is 4.79 Å². The van der Waals surface area contributed by atoms with Crippen molar-refractivity contribution in [1.29, 1.82) is 0 Å². The molecule has 3 nitrogen and oxygen atoms in total. The minimum Gasteiger partial charge on any atom is -0.496 e. The molecule has 0 aliphatic rings. The number of methoxy groups -OCH3 is 1. The molecule has 13 heavy (non-hydrogen) atoms. The molecule has 0 aliphatic carbocycles. The Morgan fingerprint density at radius 2 is 2.00 bits per heavy atom. The van der Waals surface area contributed by atoms with Crippen molar-refractivity contribution in [3.8, 4) is 5.75 Å². The van der Waals surface area contributed by atoms with E-state index in [-0.39, 0.29) is 0 Å². The lowest BCUT2D eigenvalue weighted by atomic mass is 10.1. The highest BCUT2D eigenvalue weighted by Crippen LogP contribution is 2.28. The minimum absolute atomic E-state index is 0.647. The number of hydrogen-bond acceptors (Lipinski definition) is 3. The largest absolute Gasteiger partial charge is 0.496 e. The van der Waals surface area contributed by atoms with Gasteiger partial charge in [0, 0.05) is 0 Å². The highest BCUT2D eigenvalue weighted by molar-refractivity contribution is 5.58.